The first-order valence-corrected chi connectivity index (χ1v) is 28.9. The highest BCUT2D eigenvalue weighted by atomic mass is 16.6. The lowest BCUT2D eigenvalue weighted by Crippen LogP contribution is -2.30. The summed E-state index contributed by atoms with van der Waals surface area (Å²) in [5.41, 5.74) is 0. The van der Waals surface area contributed by atoms with Crippen molar-refractivity contribution in [3.8, 4) is 0 Å². The molecule has 1 atom stereocenters. The number of hydrogen-bond donors (Lipinski definition) is 0. The first-order valence-electron chi connectivity index (χ1n) is 28.9. The van der Waals surface area contributed by atoms with E-state index in [-0.39, 0.29) is 31.1 Å². The summed E-state index contributed by atoms with van der Waals surface area (Å²) in [6.07, 6.45) is 77.9. The molecule has 0 heterocycles. The van der Waals surface area contributed by atoms with Crippen LogP contribution in [0.25, 0.3) is 0 Å². The Morgan fingerprint density at radius 2 is 0.571 bits per heavy atom. The molecule has 1 unspecified atom stereocenters. The minimum atomic E-state index is -0.801. The van der Waals surface area contributed by atoms with E-state index < -0.39 is 6.10 Å². The Balaban J connectivity index is 4.45. The van der Waals surface area contributed by atoms with Crippen molar-refractivity contribution in [1.82, 2.24) is 0 Å². The Kier molecular flexibility index (Phi) is 54.4. The third-order valence-corrected chi connectivity index (χ3v) is 12.0. The molecular weight excluding hydrogens is 865 g/mol. The second kappa shape index (κ2) is 57.6. The fraction of sp³-hybridized carbons (Fsp3) is 0.672. The van der Waals surface area contributed by atoms with Crippen LogP contribution in [0.5, 0.6) is 0 Å². The van der Waals surface area contributed by atoms with E-state index in [2.05, 4.69) is 130 Å². The van der Waals surface area contributed by atoms with Crippen molar-refractivity contribution in [2.24, 2.45) is 0 Å². The molecule has 398 valence electrons. The van der Waals surface area contributed by atoms with Crippen LogP contribution in [0.2, 0.25) is 0 Å². The van der Waals surface area contributed by atoms with Crippen LogP contribution in [0.15, 0.2) is 109 Å². The van der Waals surface area contributed by atoms with Gasteiger partial charge in [-0.1, -0.05) is 226 Å². The fourth-order valence-electron chi connectivity index (χ4n) is 7.63. The molecule has 0 saturated heterocycles. The van der Waals surface area contributed by atoms with Gasteiger partial charge in [0.1, 0.15) is 13.2 Å². The Morgan fingerprint density at radius 3 is 0.929 bits per heavy atom. The molecular formula is C64H106O6. The van der Waals surface area contributed by atoms with Crippen molar-refractivity contribution < 1.29 is 28.6 Å². The molecule has 0 aliphatic heterocycles. The van der Waals surface area contributed by atoms with Gasteiger partial charge in [0.2, 0.25) is 0 Å². The van der Waals surface area contributed by atoms with E-state index in [9.17, 15) is 14.4 Å². The fourth-order valence-corrected chi connectivity index (χ4v) is 7.63. The zero-order valence-electron chi connectivity index (χ0n) is 45.5. The van der Waals surface area contributed by atoms with Crippen LogP contribution in [0, 0.1) is 0 Å². The van der Waals surface area contributed by atoms with Crippen LogP contribution in [0.3, 0.4) is 0 Å². The first kappa shape index (κ1) is 66.1. The van der Waals surface area contributed by atoms with Gasteiger partial charge in [0.15, 0.2) is 6.10 Å². The molecule has 0 aliphatic carbocycles. The van der Waals surface area contributed by atoms with Crippen molar-refractivity contribution in [2.45, 2.75) is 264 Å². The van der Waals surface area contributed by atoms with Crippen molar-refractivity contribution in [3.63, 3.8) is 0 Å². The Hall–Kier alpha value is -3.93. The molecule has 0 aliphatic rings. The molecule has 0 rings (SSSR count). The molecule has 6 heteroatoms. The predicted molar refractivity (Wildman–Crippen MR) is 302 cm³/mol. The maximum atomic E-state index is 12.8. The molecule has 70 heavy (non-hydrogen) atoms. The second-order valence-corrected chi connectivity index (χ2v) is 18.8. The van der Waals surface area contributed by atoms with E-state index in [1.54, 1.807) is 0 Å². The lowest BCUT2D eigenvalue weighted by atomic mass is 10.1. The van der Waals surface area contributed by atoms with E-state index in [0.29, 0.717) is 19.3 Å². The summed E-state index contributed by atoms with van der Waals surface area (Å²) in [5, 5.41) is 0. The monoisotopic (exact) mass is 971 g/mol. The number of rotatable bonds is 51. The van der Waals surface area contributed by atoms with Crippen LogP contribution in [0.1, 0.15) is 258 Å². The Labute approximate surface area is 431 Å². The van der Waals surface area contributed by atoms with E-state index in [1.165, 1.54) is 70.6 Å². The van der Waals surface area contributed by atoms with Gasteiger partial charge in [-0.25, -0.2) is 0 Å². The number of carbonyl (C=O) groups is 3. The van der Waals surface area contributed by atoms with Gasteiger partial charge in [-0.15, -0.1) is 0 Å². The molecule has 0 aromatic rings. The highest BCUT2D eigenvalue weighted by Gasteiger charge is 2.19. The smallest absolute Gasteiger partial charge is 0.306 e. The Morgan fingerprint density at radius 1 is 0.300 bits per heavy atom. The molecule has 0 spiro atoms. The minimum Gasteiger partial charge on any atom is -0.462 e. The number of hydrogen-bond acceptors (Lipinski definition) is 6. The summed E-state index contributed by atoms with van der Waals surface area (Å²) in [7, 11) is 0. The number of allylic oxidation sites excluding steroid dienone is 18. The molecule has 0 bridgehead atoms. The molecule has 0 aromatic carbocycles. The summed E-state index contributed by atoms with van der Waals surface area (Å²) in [5.74, 6) is -0.945. The normalized spacial score (nSPS) is 12.9. The van der Waals surface area contributed by atoms with E-state index in [0.717, 1.165) is 148 Å². The van der Waals surface area contributed by atoms with Gasteiger partial charge in [-0.05, 0) is 122 Å². The molecule has 0 radical (unpaired) electrons. The zero-order chi connectivity index (χ0) is 50.7. The largest absolute Gasteiger partial charge is 0.462 e. The number of ether oxygens (including phenoxy) is 3. The lowest BCUT2D eigenvalue weighted by Gasteiger charge is -2.18. The molecule has 0 aromatic heterocycles. The maximum absolute atomic E-state index is 12.8. The van der Waals surface area contributed by atoms with Gasteiger partial charge in [0.05, 0.1) is 0 Å². The van der Waals surface area contributed by atoms with Gasteiger partial charge < -0.3 is 14.2 Å². The molecule has 6 nitrogen and oxygen atoms in total. The number of carbonyl (C=O) groups excluding carboxylic acids is 3. The van der Waals surface area contributed by atoms with Crippen LogP contribution in [0.4, 0.5) is 0 Å². The number of unbranched alkanes of at least 4 members (excludes halogenated alkanes) is 22. The average Bonchev–Trinajstić information content (AvgIpc) is 3.36. The number of esters is 3. The van der Waals surface area contributed by atoms with Gasteiger partial charge >= 0.3 is 17.9 Å². The van der Waals surface area contributed by atoms with E-state index in [1.807, 2.05) is 0 Å². The lowest BCUT2D eigenvalue weighted by molar-refractivity contribution is -0.167. The SMILES string of the molecule is CC/C=C\C/C=C\C/C=C\C/C=C\C/C=C\C/C=C\CCCCCCC(=O)OCC(COC(=O)CCCCCCC/C=C\C/C=C\CCCC)OC(=O)CCCCCCC/C=C\CCCCCCCC. The average molecular weight is 972 g/mol. The highest BCUT2D eigenvalue weighted by Crippen LogP contribution is 2.14. The second-order valence-electron chi connectivity index (χ2n) is 18.8. The molecule has 0 amide bonds. The summed E-state index contributed by atoms with van der Waals surface area (Å²) < 4.78 is 16.8. The van der Waals surface area contributed by atoms with E-state index >= 15 is 0 Å². The summed E-state index contributed by atoms with van der Waals surface area (Å²) in [6, 6.07) is 0. The van der Waals surface area contributed by atoms with Crippen molar-refractivity contribution in [1.29, 1.82) is 0 Å². The molecule has 0 N–H and O–H groups in total. The van der Waals surface area contributed by atoms with Crippen LogP contribution < -0.4 is 0 Å². The van der Waals surface area contributed by atoms with Gasteiger partial charge in [0.25, 0.3) is 0 Å². The Bertz CT molecular complexity index is 1440. The highest BCUT2D eigenvalue weighted by molar-refractivity contribution is 5.71. The third-order valence-electron chi connectivity index (χ3n) is 12.0. The third kappa shape index (κ3) is 55.0. The summed E-state index contributed by atoms with van der Waals surface area (Å²) >= 11 is 0. The summed E-state index contributed by atoms with van der Waals surface area (Å²) in [4.78, 5) is 38.1. The molecule has 0 fully saturated rings. The van der Waals surface area contributed by atoms with E-state index in [4.69, 9.17) is 14.2 Å². The quantitative estimate of drug-likeness (QED) is 0.0262. The topological polar surface area (TPSA) is 78.9 Å². The predicted octanol–water partition coefficient (Wildman–Crippen LogP) is 19.5. The molecule has 0 saturated carbocycles. The van der Waals surface area contributed by atoms with Gasteiger partial charge in [-0.2, -0.15) is 0 Å². The minimum absolute atomic E-state index is 0.0983. The standard InChI is InChI=1S/C64H106O6/c1-4-7-10-13-16-19-22-25-28-29-30-31-32-33-34-35-37-39-42-45-48-51-54-57-63(66)69-60-61(59-68-62(65)56-53-50-47-44-41-38-27-24-21-18-15-12-9-6-3)70-64(67)58-55-52-49-46-43-40-36-26-23-20-17-14-11-8-5-2/h7,10,15-16,18-19,24-28,30-31,33-34,36-37,39,61H,4-6,8-9,11-14,17,20-23,29,32,35,38,40-60H2,1-3H3/b10-7-,18-15-,19-16-,27-24-,28-25-,31-30-,34-33-,36-26-,39-37-. The van der Waals surface area contributed by atoms with Crippen molar-refractivity contribution in [2.75, 3.05) is 13.2 Å². The zero-order valence-corrected chi connectivity index (χ0v) is 45.5. The van der Waals surface area contributed by atoms with Crippen LogP contribution in [-0.4, -0.2) is 37.2 Å². The van der Waals surface area contributed by atoms with Crippen LogP contribution in [-0.2, 0) is 28.6 Å². The van der Waals surface area contributed by atoms with Crippen molar-refractivity contribution in [3.05, 3.63) is 109 Å². The first-order chi connectivity index (χ1) is 34.5. The maximum Gasteiger partial charge on any atom is 0.306 e. The van der Waals surface area contributed by atoms with Crippen molar-refractivity contribution >= 4 is 17.9 Å². The summed E-state index contributed by atoms with van der Waals surface area (Å²) in [6.45, 7) is 6.44. The van der Waals surface area contributed by atoms with Gasteiger partial charge in [-0.3, -0.25) is 14.4 Å². The van der Waals surface area contributed by atoms with Gasteiger partial charge in [0, 0.05) is 19.3 Å². The van der Waals surface area contributed by atoms with Crippen LogP contribution >= 0.6 is 0 Å².